The number of H-pyrrole nitrogens is 1. The SMILES string of the molecule is COc1nc(C)c2[nH]cc(C3CCNCCO3)c2n1. The van der Waals surface area contributed by atoms with Crippen LogP contribution in [-0.4, -0.2) is 41.8 Å². The molecule has 0 bridgehead atoms. The Bertz CT molecular complexity index is 573. The number of nitrogens with one attached hydrogen (secondary N) is 2. The van der Waals surface area contributed by atoms with E-state index in [1.54, 1.807) is 7.11 Å². The second-order valence-corrected chi connectivity index (χ2v) is 4.66. The average molecular weight is 262 g/mol. The third-order valence-electron chi connectivity index (χ3n) is 3.43. The number of rotatable bonds is 2. The quantitative estimate of drug-likeness (QED) is 0.854. The van der Waals surface area contributed by atoms with Crippen LogP contribution in [0.1, 0.15) is 23.8 Å². The van der Waals surface area contributed by atoms with Crippen LogP contribution in [0.2, 0.25) is 0 Å². The maximum absolute atomic E-state index is 5.89. The summed E-state index contributed by atoms with van der Waals surface area (Å²) in [5.74, 6) is 0. The van der Waals surface area contributed by atoms with Gasteiger partial charge in [0.1, 0.15) is 5.52 Å². The molecule has 6 nitrogen and oxygen atoms in total. The molecule has 1 aliphatic heterocycles. The molecule has 0 radical (unpaired) electrons. The van der Waals surface area contributed by atoms with Crippen molar-refractivity contribution in [1.82, 2.24) is 20.3 Å². The largest absolute Gasteiger partial charge is 0.467 e. The van der Waals surface area contributed by atoms with Crippen LogP contribution in [0, 0.1) is 6.92 Å². The summed E-state index contributed by atoms with van der Waals surface area (Å²) in [5.41, 5.74) is 3.83. The van der Waals surface area contributed by atoms with Crippen molar-refractivity contribution in [3.05, 3.63) is 17.5 Å². The van der Waals surface area contributed by atoms with Crippen molar-refractivity contribution in [2.45, 2.75) is 19.4 Å². The van der Waals surface area contributed by atoms with E-state index in [1.807, 2.05) is 13.1 Å². The molecule has 0 spiro atoms. The molecule has 19 heavy (non-hydrogen) atoms. The van der Waals surface area contributed by atoms with Gasteiger partial charge in [0.05, 0.1) is 31.0 Å². The van der Waals surface area contributed by atoms with Gasteiger partial charge in [-0.15, -0.1) is 0 Å². The molecular weight excluding hydrogens is 244 g/mol. The lowest BCUT2D eigenvalue weighted by atomic mass is 10.1. The molecule has 3 rings (SSSR count). The molecule has 0 aromatic carbocycles. The molecule has 2 N–H and O–H groups in total. The van der Waals surface area contributed by atoms with Crippen LogP contribution in [0.15, 0.2) is 6.20 Å². The fraction of sp³-hybridized carbons (Fsp3) is 0.538. The molecule has 0 saturated carbocycles. The molecular formula is C13H18N4O2. The number of hydrogen-bond acceptors (Lipinski definition) is 5. The number of methoxy groups -OCH3 is 1. The molecule has 0 amide bonds. The van der Waals surface area contributed by atoms with E-state index in [1.165, 1.54) is 0 Å². The fourth-order valence-electron chi connectivity index (χ4n) is 2.44. The van der Waals surface area contributed by atoms with Crippen molar-refractivity contribution in [3.63, 3.8) is 0 Å². The lowest BCUT2D eigenvalue weighted by Crippen LogP contribution is -2.16. The first-order chi connectivity index (χ1) is 9.29. The van der Waals surface area contributed by atoms with E-state index < -0.39 is 0 Å². The summed E-state index contributed by atoms with van der Waals surface area (Å²) in [5, 5.41) is 3.33. The number of aromatic nitrogens is 3. The Morgan fingerprint density at radius 1 is 1.37 bits per heavy atom. The zero-order valence-corrected chi connectivity index (χ0v) is 11.2. The lowest BCUT2D eigenvalue weighted by molar-refractivity contribution is 0.0653. The minimum atomic E-state index is 0.0720. The highest BCUT2D eigenvalue weighted by atomic mass is 16.5. The van der Waals surface area contributed by atoms with Crippen LogP contribution >= 0.6 is 0 Å². The molecule has 0 aliphatic carbocycles. The molecule has 102 valence electrons. The number of hydrogen-bond donors (Lipinski definition) is 2. The van der Waals surface area contributed by atoms with Gasteiger partial charge in [-0.1, -0.05) is 0 Å². The van der Waals surface area contributed by atoms with Crippen LogP contribution in [0.4, 0.5) is 0 Å². The minimum absolute atomic E-state index is 0.0720. The second kappa shape index (κ2) is 5.14. The standard InChI is InChI=1S/C13H18N4O2/c1-8-11-12(17-13(16-8)18-2)9(7-15-11)10-3-4-14-5-6-19-10/h7,10,14-15H,3-6H2,1-2H3. The van der Waals surface area contributed by atoms with Crippen LogP contribution in [0.3, 0.4) is 0 Å². The molecule has 3 heterocycles. The first-order valence-electron chi connectivity index (χ1n) is 6.51. The normalized spacial score (nSPS) is 20.4. The summed E-state index contributed by atoms with van der Waals surface area (Å²) >= 11 is 0. The van der Waals surface area contributed by atoms with E-state index in [0.717, 1.165) is 48.4 Å². The van der Waals surface area contributed by atoms with Crippen LogP contribution in [0.25, 0.3) is 11.0 Å². The Hall–Kier alpha value is -1.66. The maximum atomic E-state index is 5.89. The lowest BCUT2D eigenvalue weighted by Gasteiger charge is -2.13. The number of fused-ring (bicyclic) bond motifs is 1. The maximum Gasteiger partial charge on any atom is 0.317 e. The fourth-order valence-corrected chi connectivity index (χ4v) is 2.44. The van der Waals surface area contributed by atoms with Crippen molar-refractivity contribution in [2.24, 2.45) is 0 Å². The monoisotopic (exact) mass is 262 g/mol. The molecule has 1 fully saturated rings. The Balaban J connectivity index is 2.05. The molecule has 1 saturated heterocycles. The van der Waals surface area contributed by atoms with Gasteiger partial charge in [0, 0.05) is 18.3 Å². The van der Waals surface area contributed by atoms with Gasteiger partial charge in [0.25, 0.3) is 0 Å². The Morgan fingerprint density at radius 3 is 3.11 bits per heavy atom. The summed E-state index contributed by atoms with van der Waals surface area (Å²) < 4.78 is 11.0. The Morgan fingerprint density at radius 2 is 2.26 bits per heavy atom. The average Bonchev–Trinajstić information content (AvgIpc) is 2.67. The van der Waals surface area contributed by atoms with Gasteiger partial charge in [-0.25, -0.2) is 0 Å². The Kier molecular flexibility index (Phi) is 3.35. The van der Waals surface area contributed by atoms with Crippen molar-refractivity contribution < 1.29 is 9.47 Å². The first kappa shape index (κ1) is 12.4. The third kappa shape index (κ3) is 2.29. The van der Waals surface area contributed by atoms with Crippen molar-refractivity contribution >= 4 is 11.0 Å². The zero-order chi connectivity index (χ0) is 13.2. The summed E-state index contributed by atoms with van der Waals surface area (Å²) in [6.07, 6.45) is 2.99. The molecule has 1 unspecified atom stereocenters. The van der Waals surface area contributed by atoms with E-state index in [2.05, 4.69) is 20.3 Å². The molecule has 2 aromatic heterocycles. The topological polar surface area (TPSA) is 72.1 Å². The predicted octanol–water partition coefficient (Wildman–Crippen LogP) is 1.33. The summed E-state index contributed by atoms with van der Waals surface area (Å²) in [6, 6.07) is 0.401. The number of nitrogens with zero attached hydrogens (tertiary/aromatic N) is 2. The third-order valence-corrected chi connectivity index (χ3v) is 3.43. The summed E-state index contributed by atoms with van der Waals surface area (Å²) in [4.78, 5) is 12.0. The minimum Gasteiger partial charge on any atom is -0.467 e. The van der Waals surface area contributed by atoms with E-state index >= 15 is 0 Å². The predicted molar refractivity (Wildman–Crippen MR) is 71.4 cm³/mol. The number of aromatic amines is 1. The number of aryl methyl sites for hydroxylation is 1. The van der Waals surface area contributed by atoms with Gasteiger partial charge >= 0.3 is 6.01 Å². The summed E-state index contributed by atoms with van der Waals surface area (Å²) in [6.45, 7) is 4.52. The van der Waals surface area contributed by atoms with E-state index in [-0.39, 0.29) is 6.10 Å². The van der Waals surface area contributed by atoms with Gasteiger partial charge in [-0.3, -0.25) is 0 Å². The van der Waals surface area contributed by atoms with Gasteiger partial charge in [-0.2, -0.15) is 9.97 Å². The van der Waals surface area contributed by atoms with E-state index in [9.17, 15) is 0 Å². The highest BCUT2D eigenvalue weighted by Crippen LogP contribution is 2.30. The Labute approximate surface area is 111 Å². The second-order valence-electron chi connectivity index (χ2n) is 4.66. The van der Waals surface area contributed by atoms with E-state index in [4.69, 9.17) is 9.47 Å². The van der Waals surface area contributed by atoms with Crippen LogP contribution < -0.4 is 10.1 Å². The molecule has 1 aliphatic rings. The molecule has 2 aromatic rings. The molecule has 1 atom stereocenters. The first-order valence-corrected chi connectivity index (χ1v) is 6.51. The van der Waals surface area contributed by atoms with Gasteiger partial charge in [-0.05, 0) is 19.9 Å². The smallest absolute Gasteiger partial charge is 0.317 e. The highest BCUT2D eigenvalue weighted by molar-refractivity contribution is 5.81. The van der Waals surface area contributed by atoms with Gasteiger partial charge in [0.2, 0.25) is 0 Å². The van der Waals surface area contributed by atoms with E-state index in [0.29, 0.717) is 6.01 Å². The molecule has 6 heteroatoms. The highest BCUT2D eigenvalue weighted by Gasteiger charge is 2.20. The van der Waals surface area contributed by atoms with Crippen molar-refractivity contribution in [2.75, 3.05) is 26.8 Å². The van der Waals surface area contributed by atoms with Crippen LogP contribution in [-0.2, 0) is 4.74 Å². The van der Waals surface area contributed by atoms with Gasteiger partial charge in [0.15, 0.2) is 0 Å². The van der Waals surface area contributed by atoms with Gasteiger partial charge < -0.3 is 19.8 Å². The van der Waals surface area contributed by atoms with Crippen molar-refractivity contribution in [3.8, 4) is 6.01 Å². The van der Waals surface area contributed by atoms with Crippen LogP contribution in [0.5, 0.6) is 6.01 Å². The zero-order valence-electron chi connectivity index (χ0n) is 11.2. The van der Waals surface area contributed by atoms with Crippen molar-refractivity contribution in [1.29, 1.82) is 0 Å². The summed E-state index contributed by atoms with van der Waals surface area (Å²) in [7, 11) is 1.58. The number of ether oxygens (including phenoxy) is 2.